The molecule has 0 spiro atoms. The average molecular weight is 277 g/mol. The van der Waals surface area contributed by atoms with Gasteiger partial charge in [-0.2, -0.15) is 0 Å². The number of rotatable bonds is 3. The van der Waals surface area contributed by atoms with Gasteiger partial charge >= 0.3 is 0 Å². The summed E-state index contributed by atoms with van der Waals surface area (Å²) in [5.74, 6) is 0.115. The van der Waals surface area contributed by atoms with Crippen LogP contribution in [0.4, 0.5) is 0 Å². The molecule has 2 rings (SSSR count). The second-order valence-corrected chi connectivity index (χ2v) is 7.45. The molecule has 0 bridgehead atoms. The molecule has 0 aromatic carbocycles. The Morgan fingerprint density at radius 3 is 2.60 bits per heavy atom. The first-order chi connectivity index (χ1) is 9.35. The van der Waals surface area contributed by atoms with Crippen molar-refractivity contribution in [2.24, 2.45) is 21.9 Å². The van der Waals surface area contributed by atoms with Crippen LogP contribution in [0, 0.1) is 21.7 Å². The van der Waals surface area contributed by atoms with Crippen molar-refractivity contribution in [1.82, 2.24) is 0 Å². The van der Waals surface area contributed by atoms with E-state index in [0.717, 1.165) is 19.3 Å². The molecular formula is C17H27NO2. The molecule has 1 amide bonds. The Kier molecular flexibility index (Phi) is 4.17. The summed E-state index contributed by atoms with van der Waals surface area (Å²) >= 11 is 0. The number of nitrogens with zero attached hydrogens (tertiary/aromatic N) is 1. The van der Waals surface area contributed by atoms with Crippen LogP contribution in [-0.2, 0) is 4.79 Å². The van der Waals surface area contributed by atoms with Crippen LogP contribution in [-0.4, -0.2) is 5.91 Å². The summed E-state index contributed by atoms with van der Waals surface area (Å²) in [6.07, 6.45) is 7.16. The molecule has 2 aliphatic carbocycles. The van der Waals surface area contributed by atoms with E-state index in [1.807, 2.05) is 0 Å². The van der Waals surface area contributed by atoms with Crippen LogP contribution in [0.1, 0.15) is 72.6 Å². The normalized spacial score (nSPS) is 32.7. The first-order valence-corrected chi connectivity index (χ1v) is 7.92. The molecule has 112 valence electrons. The summed E-state index contributed by atoms with van der Waals surface area (Å²) in [5, 5.41) is 2.63. The van der Waals surface area contributed by atoms with Crippen LogP contribution >= 0.6 is 0 Å². The molecule has 0 aromatic heterocycles. The van der Waals surface area contributed by atoms with Crippen molar-refractivity contribution in [2.75, 3.05) is 0 Å². The number of fused-ring (bicyclic) bond motifs is 1. The number of hydrogen-bond acceptors (Lipinski definition) is 2. The van der Waals surface area contributed by atoms with Gasteiger partial charge in [0.15, 0.2) is 0 Å². The summed E-state index contributed by atoms with van der Waals surface area (Å²) in [4.78, 5) is 22.1. The van der Waals surface area contributed by atoms with E-state index in [4.69, 9.17) is 0 Å². The van der Waals surface area contributed by atoms with Crippen molar-refractivity contribution in [3.63, 3.8) is 0 Å². The van der Waals surface area contributed by atoms with Gasteiger partial charge < -0.3 is 0 Å². The number of carbonyl (C=O) groups is 1. The van der Waals surface area contributed by atoms with Gasteiger partial charge in [-0.1, -0.05) is 45.3 Å². The van der Waals surface area contributed by atoms with Crippen LogP contribution in [0.3, 0.4) is 0 Å². The van der Waals surface area contributed by atoms with E-state index < -0.39 is 5.91 Å². The minimum Gasteiger partial charge on any atom is -0.269 e. The van der Waals surface area contributed by atoms with E-state index in [0.29, 0.717) is 11.3 Å². The molecule has 20 heavy (non-hydrogen) atoms. The quantitative estimate of drug-likeness (QED) is 0.538. The summed E-state index contributed by atoms with van der Waals surface area (Å²) in [6, 6.07) is 0. The fourth-order valence-electron chi connectivity index (χ4n) is 4.97. The maximum Gasteiger partial charge on any atom is 0.290 e. The first kappa shape index (κ1) is 15.4. The molecule has 3 heteroatoms. The molecule has 0 N–H and O–H groups in total. The van der Waals surface area contributed by atoms with Crippen LogP contribution in [0.5, 0.6) is 0 Å². The molecule has 2 atom stereocenters. The molecule has 3 nitrogen and oxygen atoms in total. The lowest BCUT2D eigenvalue weighted by Gasteiger charge is -2.55. The number of carbonyl (C=O) groups excluding carboxylic acids is 1. The third kappa shape index (κ3) is 2.47. The Bertz CT molecular complexity index is 450. The van der Waals surface area contributed by atoms with Gasteiger partial charge in [-0.15, -0.1) is 4.91 Å². The minimum absolute atomic E-state index is 0.0890. The van der Waals surface area contributed by atoms with Gasteiger partial charge in [0.25, 0.3) is 5.91 Å². The Morgan fingerprint density at radius 2 is 2.00 bits per heavy atom. The Hall–Kier alpha value is -0.990. The number of nitroso groups, excluding NO2 is 1. The Labute approximate surface area is 122 Å². The van der Waals surface area contributed by atoms with Crippen molar-refractivity contribution in [3.8, 4) is 0 Å². The molecule has 0 heterocycles. The molecule has 0 aliphatic heterocycles. The number of hydrogen-bond donors (Lipinski definition) is 0. The van der Waals surface area contributed by atoms with Gasteiger partial charge in [0.1, 0.15) is 0 Å². The highest BCUT2D eigenvalue weighted by Crippen LogP contribution is 2.60. The number of amides is 1. The maximum absolute atomic E-state index is 11.6. The highest BCUT2D eigenvalue weighted by molar-refractivity contribution is 5.79. The summed E-state index contributed by atoms with van der Waals surface area (Å²) in [6.45, 7) is 9.21. The second kappa shape index (κ2) is 5.42. The van der Waals surface area contributed by atoms with E-state index in [1.54, 1.807) is 0 Å². The molecule has 2 aliphatic rings. The average Bonchev–Trinajstić information content (AvgIpc) is 2.39. The van der Waals surface area contributed by atoms with Crippen LogP contribution in [0.25, 0.3) is 0 Å². The topological polar surface area (TPSA) is 46.5 Å². The Balaban J connectivity index is 2.43. The predicted octanol–water partition coefficient (Wildman–Crippen LogP) is 5.00. The molecule has 1 saturated carbocycles. The largest absolute Gasteiger partial charge is 0.290 e. The maximum atomic E-state index is 11.6. The van der Waals surface area contributed by atoms with Crippen molar-refractivity contribution in [1.29, 1.82) is 0 Å². The third-order valence-corrected chi connectivity index (χ3v) is 5.94. The smallest absolute Gasteiger partial charge is 0.269 e. The first-order valence-electron chi connectivity index (χ1n) is 7.92. The van der Waals surface area contributed by atoms with Gasteiger partial charge in [-0.25, -0.2) is 0 Å². The van der Waals surface area contributed by atoms with Crippen LogP contribution < -0.4 is 0 Å². The van der Waals surface area contributed by atoms with E-state index in [1.165, 1.54) is 30.4 Å². The zero-order chi connectivity index (χ0) is 15.0. The Morgan fingerprint density at radius 1 is 1.30 bits per heavy atom. The highest BCUT2D eigenvalue weighted by Gasteiger charge is 2.50. The monoisotopic (exact) mass is 277 g/mol. The summed E-state index contributed by atoms with van der Waals surface area (Å²) in [5.41, 5.74) is 3.06. The van der Waals surface area contributed by atoms with E-state index in [2.05, 4.69) is 32.9 Å². The lowest BCUT2D eigenvalue weighted by molar-refractivity contribution is -0.118. The van der Waals surface area contributed by atoms with Gasteiger partial charge in [0.2, 0.25) is 0 Å². The summed E-state index contributed by atoms with van der Waals surface area (Å²) in [7, 11) is 0. The molecule has 0 aromatic rings. The SMILES string of the molecule is CCC1=C(CC(=O)N=O)C2(C)CCCC(C)(C)C2CC1. The predicted molar refractivity (Wildman–Crippen MR) is 81.2 cm³/mol. The van der Waals surface area contributed by atoms with Crippen LogP contribution in [0.2, 0.25) is 0 Å². The molecule has 0 saturated heterocycles. The highest BCUT2D eigenvalue weighted by atomic mass is 16.3. The molecule has 2 unspecified atom stereocenters. The van der Waals surface area contributed by atoms with Gasteiger partial charge in [0, 0.05) is 5.18 Å². The minimum atomic E-state index is -0.504. The van der Waals surface area contributed by atoms with Crippen molar-refractivity contribution < 1.29 is 4.79 Å². The third-order valence-electron chi connectivity index (χ3n) is 5.94. The second-order valence-electron chi connectivity index (χ2n) is 7.45. The van der Waals surface area contributed by atoms with Crippen molar-refractivity contribution >= 4 is 5.91 Å². The lowest BCUT2D eigenvalue weighted by atomic mass is 9.49. The molecule has 0 radical (unpaired) electrons. The van der Waals surface area contributed by atoms with Crippen molar-refractivity contribution in [2.45, 2.75) is 72.6 Å². The zero-order valence-corrected chi connectivity index (χ0v) is 13.3. The van der Waals surface area contributed by atoms with Gasteiger partial charge in [0.05, 0.1) is 6.42 Å². The fourth-order valence-corrected chi connectivity index (χ4v) is 4.97. The van der Waals surface area contributed by atoms with Crippen molar-refractivity contribution in [3.05, 3.63) is 16.1 Å². The van der Waals surface area contributed by atoms with Crippen LogP contribution in [0.15, 0.2) is 16.3 Å². The fraction of sp³-hybridized carbons (Fsp3) is 0.824. The van der Waals surface area contributed by atoms with Gasteiger partial charge in [-0.05, 0) is 48.9 Å². The summed E-state index contributed by atoms with van der Waals surface area (Å²) < 4.78 is 0. The number of allylic oxidation sites excluding steroid dienone is 1. The van der Waals surface area contributed by atoms with Gasteiger partial charge in [-0.3, -0.25) is 4.79 Å². The van der Waals surface area contributed by atoms with E-state index in [9.17, 15) is 9.70 Å². The van der Waals surface area contributed by atoms with E-state index >= 15 is 0 Å². The molecule has 1 fully saturated rings. The van der Waals surface area contributed by atoms with E-state index in [-0.39, 0.29) is 11.8 Å². The lowest BCUT2D eigenvalue weighted by Crippen LogP contribution is -2.45. The standard InChI is InChI=1S/C17H27NO2/c1-5-12-7-8-14-16(2,3)9-6-10-17(14,4)13(12)11-15(19)18-20/h14H,5-11H2,1-4H3. The molecular weight excluding hydrogens is 250 g/mol. The zero-order valence-electron chi connectivity index (χ0n) is 13.3.